The first-order valence-corrected chi connectivity index (χ1v) is 5.00. The third-order valence-electron chi connectivity index (χ3n) is 2.48. The van der Waals surface area contributed by atoms with Gasteiger partial charge in [0.2, 0.25) is 0 Å². The molecule has 1 N–H and O–H groups in total. The second-order valence-electron chi connectivity index (χ2n) is 4.18. The lowest BCUT2D eigenvalue weighted by molar-refractivity contribution is 0.308. The van der Waals surface area contributed by atoms with Crippen LogP contribution in [0.15, 0.2) is 12.3 Å². The van der Waals surface area contributed by atoms with Crippen LogP contribution in [0.4, 0.5) is 0 Å². The molecule has 2 heterocycles. The zero-order chi connectivity index (χ0) is 9.26. The Morgan fingerprint density at radius 3 is 2.92 bits per heavy atom. The largest absolute Gasteiger partial charge is 0.312 e. The van der Waals surface area contributed by atoms with Crippen molar-refractivity contribution in [1.82, 2.24) is 15.1 Å². The molecule has 0 spiro atoms. The number of hydrogen-bond donors (Lipinski definition) is 1. The van der Waals surface area contributed by atoms with E-state index in [0.717, 1.165) is 19.5 Å². The zero-order valence-electron chi connectivity index (χ0n) is 8.33. The fraction of sp³-hybridized carbons (Fsp3) is 0.700. The molecule has 3 heteroatoms. The maximum absolute atomic E-state index is 4.37. The van der Waals surface area contributed by atoms with Crippen molar-refractivity contribution in [3.63, 3.8) is 0 Å². The molecular formula is C10H17N3. The molecule has 13 heavy (non-hydrogen) atoms. The lowest BCUT2D eigenvalue weighted by Crippen LogP contribution is -2.44. The Balaban J connectivity index is 2.10. The summed E-state index contributed by atoms with van der Waals surface area (Å²) >= 11 is 0. The summed E-state index contributed by atoms with van der Waals surface area (Å²) in [5.41, 5.74) is 1.38. The molecule has 1 fully saturated rings. The first kappa shape index (κ1) is 8.75. The summed E-state index contributed by atoms with van der Waals surface area (Å²) in [4.78, 5) is 0. The lowest BCUT2D eigenvalue weighted by atomic mass is 10.1. The number of hydrogen-bond acceptors (Lipinski definition) is 2. The van der Waals surface area contributed by atoms with Crippen LogP contribution in [0.1, 0.15) is 25.6 Å². The van der Waals surface area contributed by atoms with Crippen LogP contribution in [-0.4, -0.2) is 22.9 Å². The fourth-order valence-corrected chi connectivity index (χ4v) is 1.70. The Morgan fingerprint density at radius 2 is 2.38 bits per heavy atom. The van der Waals surface area contributed by atoms with Crippen molar-refractivity contribution in [2.45, 2.75) is 26.3 Å². The van der Waals surface area contributed by atoms with Gasteiger partial charge in [-0.15, -0.1) is 0 Å². The molecule has 0 saturated carbocycles. The second kappa shape index (κ2) is 3.50. The summed E-state index contributed by atoms with van der Waals surface area (Å²) < 4.78 is 2.18. The van der Waals surface area contributed by atoms with Gasteiger partial charge in [-0.25, -0.2) is 0 Å². The van der Waals surface area contributed by atoms with Crippen LogP contribution in [0.2, 0.25) is 0 Å². The lowest BCUT2D eigenvalue weighted by Gasteiger charge is -2.29. The van der Waals surface area contributed by atoms with E-state index in [0.29, 0.717) is 12.0 Å². The highest BCUT2D eigenvalue weighted by atomic mass is 15.3. The van der Waals surface area contributed by atoms with Gasteiger partial charge in [-0.1, -0.05) is 13.8 Å². The van der Waals surface area contributed by atoms with E-state index in [1.807, 2.05) is 6.20 Å². The quantitative estimate of drug-likeness (QED) is 0.756. The van der Waals surface area contributed by atoms with Gasteiger partial charge in [-0.3, -0.25) is 4.68 Å². The minimum Gasteiger partial charge on any atom is -0.312 e. The van der Waals surface area contributed by atoms with Crippen LogP contribution in [0.25, 0.3) is 0 Å². The monoisotopic (exact) mass is 179 g/mol. The summed E-state index contributed by atoms with van der Waals surface area (Å²) in [5.74, 6) is 0.712. The highest BCUT2D eigenvalue weighted by molar-refractivity contribution is 5.04. The van der Waals surface area contributed by atoms with Crippen LogP contribution in [0, 0.1) is 5.92 Å². The van der Waals surface area contributed by atoms with E-state index in [9.17, 15) is 0 Å². The average Bonchev–Trinajstić information content (AvgIpc) is 2.32. The number of nitrogens with zero attached hydrogens (tertiary/aromatic N) is 2. The van der Waals surface area contributed by atoms with Crippen molar-refractivity contribution < 1.29 is 0 Å². The van der Waals surface area contributed by atoms with E-state index in [1.54, 1.807) is 0 Å². The van der Waals surface area contributed by atoms with Gasteiger partial charge in [0, 0.05) is 25.0 Å². The van der Waals surface area contributed by atoms with Crippen LogP contribution in [-0.2, 0) is 6.42 Å². The van der Waals surface area contributed by atoms with Crippen molar-refractivity contribution in [2.75, 3.05) is 13.1 Å². The van der Waals surface area contributed by atoms with Crippen molar-refractivity contribution in [2.24, 2.45) is 5.92 Å². The minimum atomic E-state index is 0.601. The van der Waals surface area contributed by atoms with E-state index < -0.39 is 0 Å². The predicted molar refractivity (Wildman–Crippen MR) is 52.7 cm³/mol. The van der Waals surface area contributed by atoms with Gasteiger partial charge in [0.1, 0.15) is 0 Å². The molecular weight excluding hydrogens is 162 g/mol. The molecule has 0 unspecified atom stereocenters. The molecule has 1 aromatic rings. The van der Waals surface area contributed by atoms with Gasteiger partial charge in [0.25, 0.3) is 0 Å². The second-order valence-corrected chi connectivity index (χ2v) is 4.18. The summed E-state index contributed by atoms with van der Waals surface area (Å²) in [6.07, 6.45) is 3.05. The van der Waals surface area contributed by atoms with E-state index in [1.165, 1.54) is 5.69 Å². The Labute approximate surface area is 79.1 Å². The first-order chi connectivity index (χ1) is 6.27. The van der Waals surface area contributed by atoms with Crippen LogP contribution >= 0.6 is 0 Å². The molecule has 0 aliphatic carbocycles. The van der Waals surface area contributed by atoms with Crippen molar-refractivity contribution in [3.8, 4) is 0 Å². The predicted octanol–water partition coefficient (Wildman–Crippen LogP) is 1.23. The molecule has 0 radical (unpaired) electrons. The van der Waals surface area contributed by atoms with Crippen LogP contribution < -0.4 is 5.32 Å². The topological polar surface area (TPSA) is 29.9 Å². The Kier molecular flexibility index (Phi) is 2.36. The van der Waals surface area contributed by atoms with E-state index in [4.69, 9.17) is 0 Å². The fourth-order valence-electron chi connectivity index (χ4n) is 1.70. The van der Waals surface area contributed by atoms with Crippen molar-refractivity contribution in [3.05, 3.63) is 18.0 Å². The summed E-state index contributed by atoms with van der Waals surface area (Å²) in [6, 6.07) is 2.74. The molecule has 1 aliphatic rings. The van der Waals surface area contributed by atoms with Crippen LogP contribution in [0.5, 0.6) is 0 Å². The Morgan fingerprint density at radius 1 is 1.62 bits per heavy atom. The highest BCUT2D eigenvalue weighted by Gasteiger charge is 2.21. The standard InChI is InChI=1S/C10H17N3/c1-8(2)5-9-3-4-12-13(9)10-6-11-7-10/h3-4,8,10-11H,5-7H2,1-2H3. The third-order valence-corrected chi connectivity index (χ3v) is 2.48. The molecule has 72 valence electrons. The SMILES string of the molecule is CC(C)Cc1ccnn1C1CNC1. The summed E-state index contributed by atoms with van der Waals surface area (Å²) in [5, 5.41) is 7.64. The van der Waals surface area contributed by atoms with Crippen LogP contribution in [0.3, 0.4) is 0 Å². The average molecular weight is 179 g/mol. The molecule has 1 aliphatic heterocycles. The molecule has 2 rings (SSSR count). The van der Waals surface area contributed by atoms with E-state index in [2.05, 4.69) is 35.0 Å². The zero-order valence-corrected chi connectivity index (χ0v) is 8.33. The van der Waals surface area contributed by atoms with Crippen molar-refractivity contribution in [1.29, 1.82) is 0 Å². The molecule has 0 aromatic carbocycles. The number of aromatic nitrogens is 2. The molecule has 1 saturated heterocycles. The first-order valence-electron chi connectivity index (χ1n) is 5.00. The molecule has 0 amide bonds. The number of nitrogens with one attached hydrogen (secondary N) is 1. The third kappa shape index (κ3) is 1.75. The Bertz CT molecular complexity index is 273. The minimum absolute atomic E-state index is 0.601. The molecule has 0 atom stereocenters. The van der Waals surface area contributed by atoms with Gasteiger partial charge in [-0.2, -0.15) is 5.10 Å². The highest BCUT2D eigenvalue weighted by Crippen LogP contribution is 2.16. The van der Waals surface area contributed by atoms with Gasteiger partial charge in [-0.05, 0) is 18.4 Å². The smallest absolute Gasteiger partial charge is 0.0770 e. The summed E-state index contributed by atoms with van der Waals surface area (Å²) in [7, 11) is 0. The maximum atomic E-state index is 4.37. The van der Waals surface area contributed by atoms with Gasteiger partial charge >= 0.3 is 0 Å². The normalized spacial score (nSPS) is 17.8. The number of rotatable bonds is 3. The maximum Gasteiger partial charge on any atom is 0.0770 e. The molecule has 3 nitrogen and oxygen atoms in total. The van der Waals surface area contributed by atoms with Gasteiger partial charge in [0.15, 0.2) is 0 Å². The van der Waals surface area contributed by atoms with Gasteiger partial charge in [0.05, 0.1) is 6.04 Å². The molecule has 0 bridgehead atoms. The van der Waals surface area contributed by atoms with Gasteiger partial charge < -0.3 is 5.32 Å². The summed E-state index contributed by atoms with van der Waals surface area (Å²) in [6.45, 7) is 6.65. The van der Waals surface area contributed by atoms with E-state index in [-0.39, 0.29) is 0 Å². The van der Waals surface area contributed by atoms with E-state index >= 15 is 0 Å². The molecule has 1 aromatic heterocycles. The Hall–Kier alpha value is -0.830. The van der Waals surface area contributed by atoms with Crippen molar-refractivity contribution >= 4 is 0 Å².